The van der Waals surface area contributed by atoms with Crippen LogP contribution in [0, 0.1) is 6.92 Å². The molecule has 0 aromatic heterocycles. The molecule has 0 fully saturated rings. The second-order valence-electron chi connectivity index (χ2n) is 8.07. The molecule has 0 aliphatic rings. The topological polar surface area (TPSA) is 84.2 Å². The van der Waals surface area contributed by atoms with Gasteiger partial charge in [0.1, 0.15) is 0 Å². The van der Waals surface area contributed by atoms with Gasteiger partial charge in [0, 0.05) is 11.3 Å². The number of carbonyl (C=O) groups excluding carboxylic acids is 2. The number of benzene rings is 3. The van der Waals surface area contributed by atoms with E-state index in [1.165, 1.54) is 0 Å². The molecule has 3 aromatic carbocycles. The molecule has 5 nitrogen and oxygen atoms in total. The summed E-state index contributed by atoms with van der Waals surface area (Å²) in [5.74, 6) is -0.382. The smallest absolute Gasteiger partial charge is 0.252 e. The Kier molecular flexibility index (Phi) is 8.19. The van der Waals surface area contributed by atoms with Crippen LogP contribution in [0.1, 0.15) is 54.2 Å². The van der Waals surface area contributed by atoms with Crippen molar-refractivity contribution in [2.45, 2.75) is 51.4 Å². The number of fused-ring (bicyclic) bond motifs is 1. The molecule has 3 rings (SSSR count). The van der Waals surface area contributed by atoms with E-state index in [9.17, 15) is 9.59 Å². The molecule has 0 heterocycles. The molecule has 0 unspecified atom stereocenters. The SMILES string of the molecule is CCCC[Si][C@H](N)C(=O)Nc1ccc(C)c(C(=O)N[C@H](C)c2cccc3ccccc23)c1. The van der Waals surface area contributed by atoms with Crippen molar-refractivity contribution in [2.75, 3.05) is 5.32 Å². The zero-order valence-corrected chi connectivity index (χ0v) is 19.9. The van der Waals surface area contributed by atoms with Crippen LogP contribution in [0.2, 0.25) is 6.04 Å². The predicted molar refractivity (Wildman–Crippen MR) is 133 cm³/mol. The third kappa shape index (κ3) is 5.84. The lowest BCUT2D eigenvalue weighted by Gasteiger charge is -2.18. The highest BCUT2D eigenvalue weighted by Crippen LogP contribution is 2.25. The molecule has 2 atom stereocenters. The molecule has 166 valence electrons. The minimum Gasteiger partial charge on any atom is -0.345 e. The number of carbonyl (C=O) groups is 2. The molecule has 6 heteroatoms. The molecule has 32 heavy (non-hydrogen) atoms. The third-order valence-corrected chi connectivity index (χ3v) is 6.91. The van der Waals surface area contributed by atoms with Crippen LogP contribution < -0.4 is 16.4 Å². The third-order valence-electron chi connectivity index (χ3n) is 5.56. The van der Waals surface area contributed by atoms with Crippen LogP contribution in [0.5, 0.6) is 0 Å². The maximum absolute atomic E-state index is 13.1. The normalized spacial score (nSPS) is 12.9. The van der Waals surface area contributed by atoms with Crippen LogP contribution in [-0.4, -0.2) is 27.0 Å². The van der Waals surface area contributed by atoms with E-state index in [0.29, 0.717) is 20.8 Å². The van der Waals surface area contributed by atoms with E-state index in [1.54, 1.807) is 12.1 Å². The fourth-order valence-corrected chi connectivity index (χ4v) is 4.80. The zero-order valence-electron chi connectivity index (χ0n) is 18.9. The van der Waals surface area contributed by atoms with Crippen molar-refractivity contribution in [2.24, 2.45) is 5.73 Å². The van der Waals surface area contributed by atoms with Gasteiger partial charge in [-0.25, -0.2) is 0 Å². The number of rotatable bonds is 9. The van der Waals surface area contributed by atoms with Crippen LogP contribution in [0.25, 0.3) is 10.8 Å². The monoisotopic (exact) mass is 445 g/mol. The van der Waals surface area contributed by atoms with Gasteiger partial charge >= 0.3 is 0 Å². The van der Waals surface area contributed by atoms with Crippen molar-refractivity contribution in [1.29, 1.82) is 0 Å². The summed E-state index contributed by atoms with van der Waals surface area (Å²) in [5, 5.41) is 8.24. The molecule has 4 N–H and O–H groups in total. The lowest BCUT2D eigenvalue weighted by atomic mass is 9.99. The lowest BCUT2D eigenvalue weighted by molar-refractivity contribution is -0.115. The molecule has 0 saturated heterocycles. The highest BCUT2D eigenvalue weighted by atomic mass is 28.2. The Hall–Kier alpha value is -2.96. The first-order chi connectivity index (χ1) is 15.4. The Bertz CT molecular complexity index is 1090. The van der Waals surface area contributed by atoms with Crippen molar-refractivity contribution in [3.8, 4) is 0 Å². The Labute approximate surface area is 192 Å². The van der Waals surface area contributed by atoms with Gasteiger partial charge in [-0.1, -0.05) is 74.3 Å². The first-order valence-electron chi connectivity index (χ1n) is 11.1. The average Bonchev–Trinajstić information content (AvgIpc) is 2.79. The number of hydrogen-bond donors (Lipinski definition) is 3. The quantitative estimate of drug-likeness (QED) is 0.327. The van der Waals surface area contributed by atoms with E-state index in [1.807, 2.05) is 44.2 Å². The van der Waals surface area contributed by atoms with E-state index >= 15 is 0 Å². The van der Waals surface area contributed by atoms with Crippen LogP contribution in [0.4, 0.5) is 5.69 Å². The molecule has 3 aromatic rings. The highest BCUT2D eigenvalue weighted by Gasteiger charge is 2.18. The number of nitrogens with one attached hydrogen (secondary N) is 2. The van der Waals surface area contributed by atoms with Gasteiger partial charge in [0.15, 0.2) is 0 Å². The van der Waals surface area contributed by atoms with Crippen LogP contribution >= 0.6 is 0 Å². The van der Waals surface area contributed by atoms with Gasteiger partial charge in [0.05, 0.1) is 21.2 Å². The van der Waals surface area contributed by atoms with Gasteiger partial charge in [-0.05, 0) is 47.9 Å². The van der Waals surface area contributed by atoms with Gasteiger partial charge in [-0.3, -0.25) is 9.59 Å². The van der Waals surface area contributed by atoms with E-state index in [0.717, 1.165) is 40.8 Å². The second-order valence-corrected chi connectivity index (χ2v) is 9.60. The summed E-state index contributed by atoms with van der Waals surface area (Å²) in [5.41, 5.74) is 8.54. The summed E-state index contributed by atoms with van der Waals surface area (Å²) in [6.45, 7) is 5.99. The molecular weight excluding hydrogens is 414 g/mol. The number of unbranched alkanes of at least 4 members (excludes halogenated alkanes) is 1. The number of nitrogens with two attached hydrogens (primary N) is 1. The van der Waals surface area contributed by atoms with E-state index in [2.05, 4.69) is 35.8 Å². The molecule has 2 amide bonds. The first kappa shape index (κ1) is 23.7. The maximum Gasteiger partial charge on any atom is 0.252 e. The fraction of sp³-hybridized carbons (Fsp3) is 0.308. The van der Waals surface area contributed by atoms with Gasteiger partial charge < -0.3 is 16.4 Å². The zero-order chi connectivity index (χ0) is 23.1. The number of anilines is 1. The van der Waals surface area contributed by atoms with Crippen molar-refractivity contribution < 1.29 is 9.59 Å². The molecular formula is C26H31N3O2Si. The maximum atomic E-state index is 13.1. The van der Waals surface area contributed by atoms with Crippen LogP contribution in [0.15, 0.2) is 60.7 Å². The Morgan fingerprint density at radius 3 is 2.59 bits per heavy atom. The van der Waals surface area contributed by atoms with Crippen molar-refractivity contribution >= 4 is 37.8 Å². The van der Waals surface area contributed by atoms with E-state index in [4.69, 9.17) is 5.73 Å². The minimum atomic E-state index is -0.522. The van der Waals surface area contributed by atoms with Gasteiger partial charge in [0.25, 0.3) is 5.91 Å². The molecule has 0 spiro atoms. The van der Waals surface area contributed by atoms with Gasteiger partial charge in [0.2, 0.25) is 5.91 Å². The number of hydrogen-bond acceptors (Lipinski definition) is 3. The highest BCUT2D eigenvalue weighted by molar-refractivity contribution is 6.45. The molecule has 0 aliphatic carbocycles. The molecule has 2 radical (unpaired) electrons. The summed E-state index contributed by atoms with van der Waals surface area (Å²) in [6, 6.07) is 20.4. The summed E-state index contributed by atoms with van der Waals surface area (Å²) in [7, 11) is 0.394. The van der Waals surface area contributed by atoms with E-state index < -0.39 is 5.67 Å². The number of amides is 2. The Balaban J connectivity index is 1.72. The fourth-order valence-electron chi connectivity index (χ4n) is 3.67. The molecule has 0 bridgehead atoms. The molecule has 0 saturated carbocycles. The lowest BCUT2D eigenvalue weighted by Crippen LogP contribution is -2.40. The Morgan fingerprint density at radius 2 is 1.81 bits per heavy atom. The number of aryl methyl sites for hydroxylation is 1. The van der Waals surface area contributed by atoms with Gasteiger partial charge in [-0.2, -0.15) is 0 Å². The van der Waals surface area contributed by atoms with Crippen LogP contribution in [0.3, 0.4) is 0 Å². The van der Waals surface area contributed by atoms with Crippen molar-refractivity contribution in [3.63, 3.8) is 0 Å². The largest absolute Gasteiger partial charge is 0.345 e. The van der Waals surface area contributed by atoms with E-state index in [-0.39, 0.29) is 17.9 Å². The van der Waals surface area contributed by atoms with Crippen molar-refractivity contribution in [3.05, 3.63) is 77.4 Å². The van der Waals surface area contributed by atoms with Crippen LogP contribution in [-0.2, 0) is 4.79 Å². The Morgan fingerprint density at radius 1 is 1.06 bits per heavy atom. The predicted octanol–water partition coefficient (Wildman–Crippen LogP) is 4.79. The van der Waals surface area contributed by atoms with Gasteiger partial charge in [-0.15, -0.1) is 0 Å². The average molecular weight is 446 g/mol. The minimum absolute atomic E-state index is 0.167. The summed E-state index contributed by atoms with van der Waals surface area (Å²) in [6.07, 6.45) is 2.16. The van der Waals surface area contributed by atoms with Crippen molar-refractivity contribution in [1.82, 2.24) is 5.32 Å². The second kappa shape index (κ2) is 11.1. The summed E-state index contributed by atoms with van der Waals surface area (Å²) < 4.78 is 0. The summed E-state index contributed by atoms with van der Waals surface area (Å²) in [4.78, 5) is 25.5. The summed E-state index contributed by atoms with van der Waals surface area (Å²) >= 11 is 0. The molecule has 0 aliphatic heterocycles. The standard InChI is InChI=1S/C26H31N3O2Si/c1-4-5-15-32-24(27)26(31)29-20-14-13-17(2)23(16-20)25(30)28-18(3)21-12-8-10-19-9-6-7-11-22(19)21/h6-14,16,18,24H,4-5,15,27H2,1-3H3,(H,28,30)(H,29,31)/t18-,24+/m1/s1. The first-order valence-corrected chi connectivity index (χ1v) is 12.4.